The summed E-state index contributed by atoms with van der Waals surface area (Å²) in [5.41, 5.74) is 1.76. The Hall–Kier alpha value is -2.22. The normalized spacial score (nSPS) is 18.9. The Morgan fingerprint density at radius 1 is 1.17 bits per heavy atom. The Balaban J connectivity index is 2.01. The Morgan fingerprint density at radius 3 is 2.38 bits per heavy atom. The molecule has 1 atom stereocenters. The van der Waals surface area contributed by atoms with Crippen LogP contribution < -0.4 is 10.8 Å². The third-order valence-electron chi connectivity index (χ3n) is 4.56. The smallest absolute Gasteiger partial charge is 0.352 e. The van der Waals surface area contributed by atoms with Gasteiger partial charge in [-0.1, -0.05) is 35.3 Å². The van der Waals surface area contributed by atoms with E-state index in [2.05, 4.69) is 10.8 Å². The van der Waals surface area contributed by atoms with E-state index < -0.39 is 11.8 Å². The van der Waals surface area contributed by atoms with Crippen molar-refractivity contribution in [1.82, 2.24) is 10.8 Å². The number of hydrogen-bond acceptors (Lipinski definition) is 3. The number of halogens is 5. The molecule has 3 rings (SSSR count). The molecule has 1 heterocycles. The SMILES string of the molecule is CC(=O)NCc1ccc(C2=CC(c3cc(Cl)cc(Cl)c3)(C(F)(F)F)ON2)cc1C. The fraction of sp³-hybridized carbons (Fsp3) is 0.250. The molecule has 9 heteroatoms. The van der Waals surface area contributed by atoms with Crippen LogP contribution in [0.1, 0.15) is 29.2 Å². The molecule has 0 aromatic heterocycles. The maximum absolute atomic E-state index is 14.0. The van der Waals surface area contributed by atoms with E-state index in [1.807, 2.05) is 6.92 Å². The number of carbonyl (C=O) groups is 1. The van der Waals surface area contributed by atoms with Crippen molar-refractivity contribution in [3.05, 3.63) is 74.8 Å². The molecule has 1 aliphatic rings. The van der Waals surface area contributed by atoms with Crippen LogP contribution in [0.2, 0.25) is 10.0 Å². The van der Waals surface area contributed by atoms with Gasteiger partial charge < -0.3 is 5.32 Å². The number of nitrogens with one attached hydrogen (secondary N) is 2. The zero-order valence-electron chi connectivity index (χ0n) is 15.5. The summed E-state index contributed by atoms with van der Waals surface area (Å²) in [6.07, 6.45) is -3.80. The zero-order valence-corrected chi connectivity index (χ0v) is 17.0. The van der Waals surface area contributed by atoms with Crippen LogP contribution in [-0.2, 0) is 21.8 Å². The highest BCUT2D eigenvalue weighted by molar-refractivity contribution is 6.34. The van der Waals surface area contributed by atoms with Crippen LogP contribution in [0.3, 0.4) is 0 Å². The topological polar surface area (TPSA) is 50.4 Å². The first kappa shape index (κ1) is 21.5. The van der Waals surface area contributed by atoms with E-state index in [9.17, 15) is 18.0 Å². The summed E-state index contributed by atoms with van der Waals surface area (Å²) in [7, 11) is 0. The van der Waals surface area contributed by atoms with Crippen molar-refractivity contribution in [3.63, 3.8) is 0 Å². The predicted molar refractivity (Wildman–Crippen MR) is 105 cm³/mol. The lowest BCUT2D eigenvalue weighted by Gasteiger charge is -2.28. The minimum absolute atomic E-state index is 0.0692. The number of aryl methyl sites for hydroxylation is 1. The van der Waals surface area contributed by atoms with Crippen molar-refractivity contribution in [2.75, 3.05) is 0 Å². The maximum Gasteiger partial charge on any atom is 0.428 e. The number of alkyl halides is 3. The highest BCUT2D eigenvalue weighted by Gasteiger charge is 2.59. The van der Waals surface area contributed by atoms with Gasteiger partial charge in [-0.05, 0) is 54.0 Å². The summed E-state index contributed by atoms with van der Waals surface area (Å²) in [5, 5.41) is 2.83. The molecule has 1 amide bonds. The standard InChI is InChI=1S/C20H17Cl2F3N2O2/c1-11-5-13(3-4-14(11)10-26-12(2)28)18-9-19(29-27-18,20(23,24)25)15-6-16(21)8-17(22)7-15/h3-9,27H,10H2,1-2H3,(H,26,28). The molecular formula is C20H17Cl2F3N2O2. The number of hydroxylamine groups is 1. The minimum Gasteiger partial charge on any atom is -0.352 e. The van der Waals surface area contributed by atoms with E-state index in [4.69, 9.17) is 28.0 Å². The van der Waals surface area contributed by atoms with Crippen LogP contribution in [0, 0.1) is 6.92 Å². The average molecular weight is 445 g/mol. The molecule has 0 bridgehead atoms. The molecule has 0 fully saturated rings. The molecule has 1 aliphatic heterocycles. The summed E-state index contributed by atoms with van der Waals surface area (Å²) in [4.78, 5) is 16.2. The fourth-order valence-corrected chi connectivity index (χ4v) is 3.56. The Kier molecular flexibility index (Phi) is 5.85. The second kappa shape index (κ2) is 7.89. The van der Waals surface area contributed by atoms with E-state index in [1.165, 1.54) is 25.1 Å². The largest absolute Gasteiger partial charge is 0.428 e. The molecule has 0 spiro atoms. The van der Waals surface area contributed by atoms with Gasteiger partial charge in [0.1, 0.15) is 0 Å². The van der Waals surface area contributed by atoms with Crippen LogP contribution in [-0.4, -0.2) is 12.1 Å². The minimum atomic E-state index is -4.77. The number of amides is 1. The van der Waals surface area contributed by atoms with Gasteiger partial charge in [-0.15, -0.1) is 0 Å². The van der Waals surface area contributed by atoms with Crippen LogP contribution in [0.15, 0.2) is 42.5 Å². The van der Waals surface area contributed by atoms with Gasteiger partial charge in [0.25, 0.3) is 0 Å². The predicted octanol–water partition coefficient (Wildman–Crippen LogP) is 5.27. The molecule has 29 heavy (non-hydrogen) atoms. The summed E-state index contributed by atoms with van der Waals surface area (Å²) >= 11 is 11.8. The number of benzene rings is 2. The third-order valence-corrected chi connectivity index (χ3v) is 5.00. The Morgan fingerprint density at radius 2 is 1.83 bits per heavy atom. The van der Waals surface area contributed by atoms with Gasteiger partial charge in [0, 0.05) is 29.1 Å². The van der Waals surface area contributed by atoms with E-state index in [0.717, 1.165) is 17.2 Å². The molecule has 2 aromatic rings. The fourth-order valence-electron chi connectivity index (χ4n) is 3.04. The van der Waals surface area contributed by atoms with Gasteiger partial charge in [-0.3, -0.25) is 15.1 Å². The van der Waals surface area contributed by atoms with Crippen molar-refractivity contribution in [2.45, 2.75) is 32.2 Å². The van der Waals surface area contributed by atoms with Crippen LogP contribution in [0.4, 0.5) is 13.2 Å². The Bertz CT molecular complexity index is 972. The number of hydrogen-bond donors (Lipinski definition) is 2. The second-order valence-electron chi connectivity index (χ2n) is 6.70. The summed E-state index contributed by atoms with van der Waals surface area (Å²) in [5.74, 6) is -0.169. The monoisotopic (exact) mass is 444 g/mol. The highest BCUT2D eigenvalue weighted by atomic mass is 35.5. The van der Waals surface area contributed by atoms with Crippen molar-refractivity contribution >= 4 is 34.8 Å². The molecular weight excluding hydrogens is 428 g/mol. The molecule has 0 saturated heterocycles. The third kappa shape index (κ3) is 4.37. The van der Waals surface area contributed by atoms with Crippen LogP contribution in [0.25, 0.3) is 5.70 Å². The summed E-state index contributed by atoms with van der Waals surface area (Å²) in [6.45, 7) is 3.55. The maximum atomic E-state index is 14.0. The van der Waals surface area contributed by atoms with Gasteiger partial charge in [-0.25, -0.2) is 0 Å². The lowest BCUT2D eigenvalue weighted by molar-refractivity contribution is -0.269. The van der Waals surface area contributed by atoms with Crippen LogP contribution >= 0.6 is 23.2 Å². The molecule has 154 valence electrons. The lowest BCUT2D eigenvalue weighted by atomic mass is 9.91. The van der Waals surface area contributed by atoms with Gasteiger partial charge in [0.05, 0.1) is 5.70 Å². The van der Waals surface area contributed by atoms with Crippen molar-refractivity contribution < 1.29 is 22.8 Å². The molecule has 2 N–H and O–H groups in total. The molecule has 1 unspecified atom stereocenters. The van der Waals surface area contributed by atoms with E-state index >= 15 is 0 Å². The van der Waals surface area contributed by atoms with Gasteiger partial charge in [-0.2, -0.15) is 13.2 Å². The average Bonchev–Trinajstić information content (AvgIpc) is 3.06. The Labute approximate surface area is 175 Å². The van der Waals surface area contributed by atoms with E-state index in [-0.39, 0.29) is 27.2 Å². The number of rotatable bonds is 4. The van der Waals surface area contributed by atoms with Gasteiger partial charge >= 0.3 is 6.18 Å². The first-order valence-electron chi connectivity index (χ1n) is 8.56. The molecule has 2 aromatic carbocycles. The van der Waals surface area contributed by atoms with Crippen molar-refractivity contribution in [3.8, 4) is 0 Å². The van der Waals surface area contributed by atoms with E-state index in [1.54, 1.807) is 18.2 Å². The summed E-state index contributed by atoms with van der Waals surface area (Å²) < 4.78 is 42.1. The first-order valence-corrected chi connectivity index (χ1v) is 9.32. The molecule has 0 aliphatic carbocycles. The van der Waals surface area contributed by atoms with Crippen molar-refractivity contribution in [1.29, 1.82) is 0 Å². The molecule has 0 saturated carbocycles. The molecule has 0 radical (unpaired) electrons. The van der Waals surface area contributed by atoms with Crippen LogP contribution in [0.5, 0.6) is 0 Å². The summed E-state index contributed by atoms with van der Waals surface area (Å²) in [6, 6.07) is 8.81. The van der Waals surface area contributed by atoms with E-state index in [0.29, 0.717) is 12.1 Å². The second-order valence-corrected chi connectivity index (χ2v) is 7.58. The van der Waals surface area contributed by atoms with Gasteiger partial charge in [0.2, 0.25) is 11.5 Å². The zero-order chi connectivity index (χ0) is 21.4. The quantitative estimate of drug-likeness (QED) is 0.674. The lowest BCUT2D eigenvalue weighted by Crippen LogP contribution is -2.42. The number of carbonyl (C=O) groups excluding carboxylic acids is 1. The highest BCUT2D eigenvalue weighted by Crippen LogP contribution is 2.48. The first-order chi connectivity index (χ1) is 13.5. The molecule has 4 nitrogen and oxygen atoms in total. The van der Waals surface area contributed by atoms with Gasteiger partial charge in [0.15, 0.2) is 0 Å². The van der Waals surface area contributed by atoms with Crippen molar-refractivity contribution in [2.24, 2.45) is 0 Å².